The standard InChI is InChI=1S/C37H43N5O12/c1-49-31(43)10-7-21-20-40-37(26(21)15-36(48)54-6,16-27-22(8-11-32(44)50-2)25(14-35(47)53-5)30(19-39)41-27)17-28-24(13-34(46)52-4)23(29(18-38)42-28)9-12-33(45)51-3/h20,41-42H,7-17H2,1-6H3. The fraction of sp³-hybridized carbons (Fsp3) is 0.486. The highest BCUT2D eigenvalue weighted by molar-refractivity contribution is 5.89. The molecule has 0 fully saturated rings. The van der Waals surface area contributed by atoms with Gasteiger partial charge in [-0.3, -0.25) is 33.8 Å². The summed E-state index contributed by atoms with van der Waals surface area (Å²) in [6.07, 6.45) is 0.439. The van der Waals surface area contributed by atoms with Gasteiger partial charge >= 0.3 is 35.8 Å². The Balaban J connectivity index is 2.38. The third kappa shape index (κ3) is 10.2. The zero-order valence-corrected chi connectivity index (χ0v) is 31.1. The largest absolute Gasteiger partial charge is 0.469 e. The molecule has 0 saturated heterocycles. The van der Waals surface area contributed by atoms with Gasteiger partial charge in [-0.15, -0.1) is 0 Å². The van der Waals surface area contributed by atoms with E-state index < -0.39 is 41.4 Å². The summed E-state index contributed by atoms with van der Waals surface area (Å²) >= 11 is 0. The number of carbonyl (C=O) groups excluding carboxylic acids is 6. The molecule has 17 nitrogen and oxygen atoms in total. The summed E-state index contributed by atoms with van der Waals surface area (Å²) in [5.41, 5.74) is 1.95. The van der Waals surface area contributed by atoms with Crippen molar-refractivity contribution in [1.29, 1.82) is 10.5 Å². The molecule has 288 valence electrons. The molecule has 0 saturated carbocycles. The van der Waals surface area contributed by atoms with E-state index in [-0.39, 0.29) is 82.0 Å². The molecule has 0 aliphatic carbocycles. The normalized spacial score (nSPS) is 14.5. The quantitative estimate of drug-likeness (QED) is 0.154. The first-order valence-electron chi connectivity index (χ1n) is 16.8. The molecule has 3 rings (SSSR count). The summed E-state index contributed by atoms with van der Waals surface area (Å²) in [6.45, 7) is 0. The van der Waals surface area contributed by atoms with Crippen molar-refractivity contribution in [2.45, 2.75) is 76.2 Å². The maximum atomic E-state index is 13.1. The molecule has 17 heteroatoms. The minimum absolute atomic E-state index is 0.0416. The van der Waals surface area contributed by atoms with Crippen LogP contribution in [0.5, 0.6) is 0 Å². The molecule has 2 N–H and O–H groups in total. The van der Waals surface area contributed by atoms with E-state index in [4.69, 9.17) is 33.4 Å². The van der Waals surface area contributed by atoms with Gasteiger partial charge in [0.15, 0.2) is 0 Å². The Hall–Kier alpha value is -6.23. The SMILES string of the molecule is COC(=O)CCC1=C(CC(=O)OC)C(Cc2[nH]c(C#N)c(CC(=O)OC)c2CCC(=O)OC)(Cc2[nH]c(C#N)c(CCC(=O)OC)c2CC(=O)OC)N=C1. The zero-order valence-electron chi connectivity index (χ0n) is 31.1. The summed E-state index contributed by atoms with van der Waals surface area (Å²) in [6, 6.07) is 4.17. The summed E-state index contributed by atoms with van der Waals surface area (Å²) in [5, 5.41) is 20.3. The number of H-pyrrole nitrogens is 2. The number of carbonyl (C=O) groups is 6. The highest BCUT2D eigenvalue weighted by atomic mass is 16.5. The lowest BCUT2D eigenvalue weighted by atomic mass is 9.77. The van der Waals surface area contributed by atoms with E-state index in [1.165, 1.54) is 48.9 Å². The Kier molecular flexibility index (Phi) is 15.3. The van der Waals surface area contributed by atoms with E-state index in [0.29, 0.717) is 44.8 Å². The smallest absolute Gasteiger partial charge is 0.310 e. The van der Waals surface area contributed by atoms with Crippen molar-refractivity contribution in [3.8, 4) is 12.1 Å². The van der Waals surface area contributed by atoms with Crippen molar-refractivity contribution >= 4 is 42.0 Å². The zero-order chi connectivity index (χ0) is 40.0. The lowest BCUT2D eigenvalue weighted by Crippen LogP contribution is -2.36. The van der Waals surface area contributed by atoms with E-state index in [9.17, 15) is 39.3 Å². The number of nitrogens with zero attached hydrogens (tertiary/aromatic N) is 3. The van der Waals surface area contributed by atoms with Crippen molar-refractivity contribution in [1.82, 2.24) is 9.97 Å². The highest BCUT2D eigenvalue weighted by Crippen LogP contribution is 2.42. The predicted molar refractivity (Wildman–Crippen MR) is 187 cm³/mol. The first-order chi connectivity index (χ1) is 25.8. The molecular weight excluding hydrogens is 706 g/mol. The van der Waals surface area contributed by atoms with Crippen LogP contribution in [0.2, 0.25) is 0 Å². The molecule has 0 amide bonds. The van der Waals surface area contributed by atoms with Gasteiger partial charge < -0.3 is 38.4 Å². The Morgan fingerprint density at radius 1 is 0.574 bits per heavy atom. The maximum absolute atomic E-state index is 13.1. The lowest BCUT2D eigenvalue weighted by Gasteiger charge is -2.31. The Bertz CT molecular complexity index is 1920. The molecule has 3 heterocycles. The second-order valence-corrected chi connectivity index (χ2v) is 12.2. The third-order valence-electron chi connectivity index (χ3n) is 9.28. The van der Waals surface area contributed by atoms with E-state index in [0.717, 1.165) is 0 Å². The minimum atomic E-state index is -1.41. The van der Waals surface area contributed by atoms with Gasteiger partial charge in [-0.25, -0.2) is 0 Å². The van der Waals surface area contributed by atoms with Crippen LogP contribution in [-0.2, 0) is 95.7 Å². The van der Waals surface area contributed by atoms with Gasteiger partial charge in [-0.2, -0.15) is 10.5 Å². The maximum Gasteiger partial charge on any atom is 0.310 e. The summed E-state index contributed by atoms with van der Waals surface area (Å²) < 4.78 is 29.4. The average molecular weight is 750 g/mol. The second-order valence-electron chi connectivity index (χ2n) is 12.2. The number of rotatable bonds is 19. The monoisotopic (exact) mass is 749 g/mol. The van der Waals surface area contributed by atoms with Crippen LogP contribution in [0.15, 0.2) is 16.1 Å². The molecule has 54 heavy (non-hydrogen) atoms. The number of hydrogen-bond donors (Lipinski definition) is 2. The first-order valence-corrected chi connectivity index (χ1v) is 16.8. The number of esters is 6. The number of hydrogen-bond acceptors (Lipinski definition) is 15. The summed E-state index contributed by atoms with van der Waals surface area (Å²) in [4.78, 5) is 86.3. The number of aromatic amines is 2. The van der Waals surface area contributed by atoms with Gasteiger partial charge in [0.05, 0.1) is 67.5 Å². The van der Waals surface area contributed by atoms with Gasteiger partial charge in [0.1, 0.15) is 23.5 Å². The predicted octanol–water partition coefficient (Wildman–Crippen LogP) is 2.15. The molecule has 2 aromatic heterocycles. The molecule has 0 radical (unpaired) electrons. The summed E-state index contributed by atoms with van der Waals surface area (Å²) in [5.74, 6) is -3.49. The van der Waals surface area contributed by atoms with Crippen LogP contribution in [0.25, 0.3) is 0 Å². The van der Waals surface area contributed by atoms with Crippen LogP contribution in [-0.4, -0.2) is 100 Å². The second kappa shape index (κ2) is 19.6. The average Bonchev–Trinajstić information content (AvgIpc) is 3.80. The number of allylic oxidation sites excluding steroid dienone is 1. The molecule has 1 aliphatic heterocycles. The van der Waals surface area contributed by atoms with Gasteiger partial charge in [-0.1, -0.05) is 0 Å². The number of nitrogens with one attached hydrogen (secondary N) is 2. The Labute approximate surface area is 311 Å². The molecule has 1 unspecified atom stereocenters. The van der Waals surface area contributed by atoms with Crippen LogP contribution >= 0.6 is 0 Å². The van der Waals surface area contributed by atoms with E-state index in [2.05, 4.69) is 22.1 Å². The molecular formula is C37H43N5O12. The molecule has 2 aromatic rings. The van der Waals surface area contributed by atoms with Gasteiger partial charge in [0.2, 0.25) is 0 Å². The van der Waals surface area contributed by atoms with Crippen LogP contribution < -0.4 is 0 Å². The van der Waals surface area contributed by atoms with Gasteiger partial charge in [-0.05, 0) is 47.1 Å². The fourth-order valence-corrected chi connectivity index (χ4v) is 6.50. The topological polar surface area (TPSA) is 249 Å². The van der Waals surface area contributed by atoms with E-state index >= 15 is 0 Å². The highest BCUT2D eigenvalue weighted by Gasteiger charge is 2.43. The number of ether oxygens (including phenoxy) is 6. The van der Waals surface area contributed by atoms with Crippen LogP contribution in [0.1, 0.15) is 77.1 Å². The van der Waals surface area contributed by atoms with E-state index in [1.54, 1.807) is 0 Å². The first kappa shape index (κ1) is 42.2. The van der Waals surface area contributed by atoms with Crippen molar-refractivity contribution in [3.63, 3.8) is 0 Å². The third-order valence-corrected chi connectivity index (χ3v) is 9.28. The van der Waals surface area contributed by atoms with E-state index in [1.807, 2.05) is 0 Å². The molecule has 0 spiro atoms. The fourth-order valence-electron chi connectivity index (χ4n) is 6.50. The minimum Gasteiger partial charge on any atom is -0.469 e. The van der Waals surface area contributed by atoms with Crippen LogP contribution in [0, 0.1) is 22.7 Å². The summed E-state index contributed by atoms with van der Waals surface area (Å²) in [7, 11) is 7.34. The molecule has 1 atom stereocenters. The van der Waals surface area contributed by atoms with Crippen molar-refractivity contribution in [3.05, 3.63) is 56.2 Å². The number of aliphatic imine (C=N–C) groups is 1. The number of aromatic nitrogens is 2. The Morgan fingerprint density at radius 2 is 0.981 bits per heavy atom. The number of nitriles is 2. The Morgan fingerprint density at radius 3 is 1.46 bits per heavy atom. The van der Waals surface area contributed by atoms with Crippen molar-refractivity contribution in [2.75, 3.05) is 42.7 Å². The van der Waals surface area contributed by atoms with Crippen LogP contribution in [0.4, 0.5) is 0 Å². The van der Waals surface area contributed by atoms with Gasteiger partial charge in [0.25, 0.3) is 0 Å². The van der Waals surface area contributed by atoms with Crippen LogP contribution in [0.3, 0.4) is 0 Å². The van der Waals surface area contributed by atoms with Gasteiger partial charge in [0, 0.05) is 55.3 Å². The van der Waals surface area contributed by atoms with Crippen molar-refractivity contribution < 1.29 is 57.2 Å². The molecule has 0 aromatic carbocycles. The molecule has 0 bridgehead atoms. The number of methoxy groups -OCH3 is 6. The lowest BCUT2D eigenvalue weighted by molar-refractivity contribution is -0.141. The van der Waals surface area contributed by atoms with Crippen molar-refractivity contribution in [2.24, 2.45) is 4.99 Å². The molecule has 1 aliphatic rings.